The summed E-state index contributed by atoms with van der Waals surface area (Å²) in [4.78, 5) is 13.0. The lowest BCUT2D eigenvalue weighted by Crippen LogP contribution is -2.29. The highest BCUT2D eigenvalue weighted by Crippen LogP contribution is 2.27. The van der Waals surface area contributed by atoms with Gasteiger partial charge in [0.2, 0.25) is 5.91 Å². The summed E-state index contributed by atoms with van der Waals surface area (Å²) in [5.41, 5.74) is 0.258. The molecule has 1 aromatic carbocycles. The largest absolute Gasteiger partial charge is 0.391 e. The molecular formula is C12H13F2NO2. The lowest BCUT2D eigenvalue weighted by molar-refractivity contribution is -0.129. The van der Waals surface area contributed by atoms with E-state index >= 15 is 0 Å². The molecule has 1 N–H and O–H groups in total. The number of aliphatic hydroxyl groups is 1. The normalized spacial score (nSPS) is 22.0. The first kappa shape index (κ1) is 12.0. The summed E-state index contributed by atoms with van der Waals surface area (Å²) >= 11 is 0. The SMILES string of the molecule is CC(c1ccc(F)cc1F)N1CC(O)CC1=O. The molecule has 3 nitrogen and oxygen atoms in total. The number of rotatable bonds is 2. The molecule has 17 heavy (non-hydrogen) atoms. The summed E-state index contributed by atoms with van der Waals surface area (Å²) in [5, 5.41) is 9.36. The lowest BCUT2D eigenvalue weighted by Gasteiger charge is -2.25. The van der Waals surface area contributed by atoms with Crippen LogP contribution in [-0.2, 0) is 4.79 Å². The average Bonchev–Trinajstić information content (AvgIpc) is 2.57. The van der Waals surface area contributed by atoms with Gasteiger partial charge in [-0.05, 0) is 13.0 Å². The van der Waals surface area contributed by atoms with Crippen molar-refractivity contribution in [1.29, 1.82) is 0 Å². The van der Waals surface area contributed by atoms with Crippen LogP contribution in [0.4, 0.5) is 8.78 Å². The molecule has 0 bridgehead atoms. The molecule has 1 fully saturated rings. The highest BCUT2D eigenvalue weighted by molar-refractivity contribution is 5.79. The maximum absolute atomic E-state index is 13.5. The van der Waals surface area contributed by atoms with Gasteiger partial charge in [-0.3, -0.25) is 4.79 Å². The van der Waals surface area contributed by atoms with Gasteiger partial charge in [0.05, 0.1) is 18.6 Å². The van der Waals surface area contributed by atoms with Crippen molar-refractivity contribution in [3.8, 4) is 0 Å². The Morgan fingerprint density at radius 2 is 2.18 bits per heavy atom. The number of halogens is 2. The molecule has 0 aliphatic carbocycles. The highest BCUT2D eigenvalue weighted by Gasteiger charge is 2.32. The van der Waals surface area contributed by atoms with E-state index in [1.165, 1.54) is 11.0 Å². The van der Waals surface area contributed by atoms with Crippen LogP contribution in [0.25, 0.3) is 0 Å². The number of hydrogen-bond donors (Lipinski definition) is 1. The van der Waals surface area contributed by atoms with E-state index in [9.17, 15) is 18.7 Å². The van der Waals surface area contributed by atoms with Gasteiger partial charge in [0.25, 0.3) is 0 Å². The van der Waals surface area contributed by atoms with Crippen molar-refractivity contribution in [2.24, 2.45) is 0 Å². The first-order valence-electron chi connectivity index (χ1n) is 5.41. The lowest BCUT2D eigenvalue weighted by atomic mass is 10.1. The summed E-state index contributed by atoms with van der Waals surface area (Å²) in [6.07, 6.45) is -0.638. The predicted octanol–water partition coefficient (Wildman–Crippen LogP) is 1.62. The Morgan fingerprint density at radius 3 is 2.71 bits per heavy atom. The molecule has 1 aliphatic heterocycles. The minimum Gasteiger partial charge on any atom is -0.391 e. The van der Waals surface area contributed by atoms with Crippen LogP contribution in [-0.4, -0.2) is 28.6 Å². The Labute approximate surface area is 97.7 Å². The summed E-state index contributed by atoms with van der Waals surface area (Å²) < 4.78 is 26.3. The molecule has 1 heterocycles. The number of β-amino-alcohol motifs (C(OH)–C–C–N with tert-alkyl or cyclic N) is 1. The van der Waals surface area contributed by atoms with Crippen LogP contribution in [0, 0.1) is 11.6 Å². The van der Waals surface area contributed by atoms with E-state index in [4.69, 9.17) is 0 Å². The van der Waals surface area contributed by atoms with Crippen molar-refractivity contribution in [3.63, 3.8) is 0 Å². The van der Waals surface area contributed by atoms with Crippen LogP contribution in [0.3, 0.4) is 0 Å². The molecule has 1 aromatic rings. The van der Waals surface area contributed by atoms with Gasteiger partial charge in [-0.15, -0.1) is 0 Å². The monoisotopic (exact) mass is 241 g/mol. The van der Waals surface area contributed by atoms with Crippen molar-refractivity contribution >= 4 is 5.91 Å². The van der Waals surface area contributed by atoms with Crippen molar-refractivity contribution in [2.45, 2.75) is 25.5 Å². The fraction of sp³-hybridized carbons (Fsp3) is 0.417. The first-order chi connectivity index (χ1) is 7.99. The second-order valence-corrected chi connectivity index (χ2v) is 4.25. The topological polar surface area (TPSA) is 40.5 Å². The van der Waals surface area contributed by atoms with Crippen LogP contribution in [0.5, 0.6) is 0 Å². The van der Waals surface area contributed by atoms with E-state index < -0.39 is 23.8 Å². The van der Waals surface area contributed by atoms with Gasteiger partial charge in [-0.25, -0.2) is 8.78 Å². The van der Waals surface area contributed by atoms with Gasteiger partial charge in [0, 0.05) is 18.2 Å². The molecule has 1 aliphatic rings. The number of carbonyl (C=O) groups is 1. The third-order valence-electron chi connectivity index (χ3n) is 3.02. The van der Waals surface area contributed by atoms with Gasteiger partial charge in [0.15, 0.2) is 0 Å². The molecule has 0 spiro atoms. The molecule has 5 heteroatoms. The van der Waals surface area contributed by atoms with Crippen LogP contribution in [0.1, 0.15) is 24.9 Å². The Balaban J connectivity index is 2.25. The maximum atomic E-state index is 13.5. The summed E-state index contributed by atoms with van der Waals surface area (Å²) in [5.74, 6) is -1.54. The first-order valence-corrected chi connectivity index (χ1v) is 5.41. The number of carbonyl (C=O) groups excluding carboxylic acids is 1. The van der Waals surface area contributed by atoms with Crippen molar-refractivity contribution in [1.82, 2.24) is 4.90 Å². The molecule has 0 aromatic heterocycles. The van der Waals surface area contributed by atoms with Crippen molar-refractivity contribution in [3.05, 3.63) is 35.4 Å². The third-order valence-corrected chi connectivity index (χ3v) is 3.02. The van der Waals surface area contributed by atoms with Gasteiger partial charge in [-0.1, -0.05) is 6.07 Å². The molecule has 92 valence electrons. The third kappa shape index (κ3) is 2.29. The van der Waals surface area contributed by atoms with Crippen LogP contribution in [0.15, 0.2) is 18.2 Å². The highest BCUT2D eigenvalue weighted by atomic mass is 19.1. The van der Waals surface area contributed by atoms with Crippen molar-refractivity contribution in [2.75, 3.05) is 6.54 Å². The minimum absolute atomic E-state index is 0.0627. The number of hydrogen-bond acceptors (Lipinski definition) is 2. The Morgan fingerprint density at radius 1 is 1.47 bits per heavy atom. The van der Waals surface area contributed by atoms with E-state index in [0.717, 1.165) is 12.1 Å². The summed E-state index contributed by atoms with van der Waals surface area (Å²) in [6, 6.07) is 2.78. The zero-order chi connectivity index (χ0) is 12.6. The van der Waals surface area contributed by atoms with Gasteiger partial charge in [0.1, 0.15) is 11.6 Å². The summed E-state index contributed by atoms with van der Waals surface area (Å²) in [7, 11) is 0. The standard InChI is InChI=1S/C12H13F2NO2/c1-7(15-6-9(16)5-12(15)17)10-3-2-8(13)4-11(10)14/h2-4,7,9,16H,5-6H2,1H3. The number of nitrogens with zero attached hydrogens (tertiary/aromatic N) is 1. The fourth-order valence-corrected chi connectivity index (χ4v) is 2.09. The number of likely N-dealkylation sites (tertiary alicyclic amines) is 1. The molecule has 0 radical (unpaired) electrons. The number of amides is 1. The molecule has 2 rings (SSSR count). The minimum atomic E-state index is -0.701. The van der Waals surface area contributed by atoms with Gasteiger partial charge >= 0.3 is 0 Å². The number of benzene rings is 1. The smallest absolute Gasteiger partial charge is 0.225 e. The van der Waals surface area contributed by atoms with E-state index in [1.807, 2.05) is 0 Å². The second kappa shape index (κ2) is 4.41. The second-order valence-electron chi connectivity index (χ2n) is 4.25. The number of aliphatic hydroxyl groups excluding tert-OH is 1. The van der Waals surface area contributed by atoms with E-state index in [1.54, 1.807) is 6.92 Å². The summed E-state index contributed by atoms with van der Waals surface area (Å²) in [6.45, 7) is 1.85. The predicted molar refractivity (Wildman–Crippen MR) is 57.1 cm³/mol. The molecular weight excluding hydrogens is 228 g/mol. The Kier molecular flexibility index (Phi) is 3.11. The van der Waals surface area contributed by atoms with Crippen LogP contribution >= 0.6 is 0 Å². The quantitative estimate of drug-likeness (QED) is 0.854. The van der Waals surface area contributed by atoms with Crippen LogP contribution < -0.4 is 0 Å². The molecule has 1 saturated heterocycles. The van der Waals surface area contributed by atoms with Crippen LogP contribution in [0.2, 0.25) is 0 Å². The van der Waals surface area contributed by atoms with Crippen molar-refractivity contribution < 1.29 is 18.7 Å². The van der Waals surface area contributed by atoms with E-state index in [2.05, 4.69) is 0 Å². The average molecular weight is 241 g/mol. The molecule has 2 atom stereocenters. The maximum Gasteiger partial charge on any atom is 0.225 e. The van der Waals surface area contributed by atoms with E-state index in [-0.39, 0.29) is 24.4 Å². The van der Waals surface area contributed by atoms with Gasteiger partial charge in [-0.2, -0.15) is 0 Å². The zero-order valence-electron chi connectivity index (χ0n) is 9.36. The fourth-order valence-electron chi connectivity index (χ4n) is 2.09. The Hall–Kier alpha value is -1.49. The molecule has 0 saturated carbocycles. The molecule has 2 unspecified atom stereocenters. The molecule has 1 amide bonds. The zero-order valence-corrected chi connectivity index (χ0v) is 9.36. The Bertz CT molecular complexity index is 450. The van der Waals surface area contributed by atoms with Gasteiger partial charge < -0.3 is 10.0 Å². The van der Waals surface area contributed by atoms with E-state index in [0.29, 0.717) is 0 Å².